The molecule has 1 N–H and O–H groups in total. The van der Waals surface area contributed by atoms with E-state index in [2.05, 4.69) is 22.4 Å². The molecule has 0 atom stereocenters. The SMILES string of the molecule is Cc1ccc(OCc2nnc(SCC(=O)Nc3ccc4ccccc4c3)o2)cc1C. The van der Waals surface area contributed by atoms with Crippen LogP contribution in [0.15, 0.2) is 70.3 Å². The van der Waals surface area contributed by atoms with Gasteiger partial charge in [0.25, 0.3) is 11.1 Å². The Morgan fingerprint density at radius 3 is 2.67 bits per heavy atom. The Labute approximate surface area is 178 Å². The number of nitrogens with zero attached hydrogens (tertiary/aromatic N) is 2. The lowest BCUT2D eigenvalue weighted by atomic mass is 10.1. The maximum Gasteiger partial charge on any atom is 0.277 e. The van der Waals surface area contributed by atoms with Crippen molar-refractivity contribution < 1.29 is 13.9 Å². The van der Waals surface area contributed by atoms with Gasteiger partial charge in [0.15, 0.2) is 6.61 Å². The van der Waals surface area contributed by atoms with Crippen LogP contribution in [0.2, 0.25) is 0 Å². The van der Waals surface area contributed by atoms with E-state index in [1.54, 1.807) is 0 Å². The monoisotopic (exact) mass is 419 g/mol. The van der Waals surface area contributed by atoms with E-state index in [1.165, 1.54) is 17.3 Å². The Hall–Kier alpha value is -3.32. The molecular formula is C23H21N3O3S. The largest absolute Gasteiger partial charge is 0.484 e. The summed E-state index contributed by atoms with van der Waals surface area (Å²) in [5.41, 5.74) is 3.12. The number of carbonyl (C=O) groups excluding carboxylic acids is 1. The molecule has 0 fully saturated rings. The van der Waals surface area contributed by atoms with E-state index in [9.17, 15) is 4.79 Å². The van der Waals surface area contributed by atoms with Gasteiger partial charge < -0.3 is 14.5 Å². The third-order valence-corrected chi connectivity index (χ3v) is 5.47. The molecule has 152 valence electrons. The zero-order chi connectivity index (χ0) is 20.9. The number of amides is 1. The Bertz CT molecular complexity index is 1190. The highest BCUT2D eigenvalue weighted by molar-refractivity contribution is 7.99. The van der Waals surface area contributed by atoms with Gasteiger partial charge in [-0.15, -0.1) is 10.2 Å². The van der Waals surface area contributed by atoms with E-state index in [4.69, 9.17) is 9.15 Å². The summed E-state index contributed by atoms with van der Waals surface area (Å²) in [5.74, 6) is 1.15. The van der Waals surface area contributed by atoms with Crippen molar-refractivity contribution in [3.8, 4) is 5.75 Å². The number of fused-ring (bicyclic) bond motifs is 1. The summed E-state index contributed by atoms with van der Waals surface area (Å²) >= 11 is 1.19. The quantitative estimate of drug-likeness (QED) is 0.418. The van der Waals surface area contributed by atoms with Gasteiger partial charge in [0.05, 0.1) is 5.75 Å². The second kappa shape index (κ2) is 9.00. The minimum absolute atomic E-state index is 0.138. The van der Waals surface area contributed by atoms with Crippen LogP contribution < -0.4 is 10.1 Å². The van der Waals surface area contributed by atoms with Crippen molar-refractivity contribution in [2.75, 3.05) is 11.1 Å². The highest BCUT2D eigenvalue weighted by Gasteiger charge is 2.11. The van der Waals surface area contributed by atoms with Crippen molar-refractivity contribution in [2.24, 2.45) is 0 Å². The molecule has 7 heteroatoms. The fourth-order valence-corrected chi connectivity index (χ4v) is 3.48. The number of nitrogens with one attached hydrogen (secondary N) is 1. The van der Waals surface area contributed by atoms with Crippen LogP contribution in [-0.2, 0) is 11.4 Å². The maximum absolute atomic E-state index is 12.3. The van der Waals surface area contributed by atoms with E-state index < -0.39 is 0 Å². The van der Waals surface area contributed by atoms with Crippen LogP contribution in [-0.4, -0.2) is 21.9 Å². The minimum atomic E-state index is -0.138. The van der Waals surface area contributed by atoms with Crippen molar-refractivity contribution in [1.29, 1.82) is 0 Å². The summed E-state index contributed by atoms with van der Waals surface area (Å²) in [5, 5.41) is 13.4. The third-order valence-electron chi connectivity index (χ3n) is 4.65. The fourth-order valence-electron chi connectivity index (χ4n) is 2.90. The zero-order valence-electron chi connectivity index (χ0n) is 16.7. The summed E-state index contributed by atoms with van der Waals surface area (Å²) in [7, 11) is 0. The van der Waals surface area contributed by atoms with Crippen LogP contribution in [0.1, 0.15) is 17.0 Å². The molecular weight excluding hydrogens is 398 g/mol. The summed E-state index contributed by atoms with van der Waals surface area (Å²) < 4.78 is 11.2. The van der Waals surface area contributed by atoms with E-state index >= 15 is 0 Å². The van der Waals surface area contributed by atoms with Crippen molar-refractivity contribution in [1.82, 2.24) is 10.2 Å². The van der Waals surface area contributed by atoms with Crippen molar-refractivity contribution in [3.05, 3.63) is 77.7 Å². The van der Waals surface area contributed by atoms with Gasteiger partial charge in [-0.25, -0.2) is 0 Å². The van der Waals surface area contributed by atoms with Crippen LogP contribution in [0.3, 0.4) is 0 Å². The average Bonchev–Trinajstić information content (AvgIpc) is 3.21. The molecule has 1 amide bonds. The number of ether oxygens (including phenoxy) is 1. The molecule has 4 aromatic rings. The number of carbonyl (C=O) groups is 1. The van der Waals surface area contributed by atoms with Crippen molar-refractivity contribution >= 4 is 34.1 Å². The molecule has 3 aromatic carbocycles. The lowest BCUT2D eigenvalue weighted by molar-refractivity contribution is -0.113. The number of rotatable bonds is 7. The number of thioether (sulfide) groups is 1. The van der Waals surface area contributed by atoms with Crippen molar-refractivity contribution in [3.63, 3.8) is 0 Å². The molecule has 0 aliphatic heterocycles. The van der Waals surface area contributed by atoms with E-state index in [1.807, 2.05) is 67.6 Å². The molecule has 0 unspecified atom stereocenters. The van der Waals surface area contributed by atoms with Crippen LogP contribution in [0.5, 0.6) is 5.75 Å². The Morgan fingerprint density at radius 1 is 1.00 bits per heavy atom. The van der Waals surface area contributed by atoms with Gasteiger partial charge in [-0.05, 0) is 60.0 Å². The number of anilines is 1. The van der Waals surface area contributed by atoms with Gasteiger partial charge >= 0.3 is 0 Å². The molecule has 6 nitrogen and oxygen atoms in total. The number of aromatic nitrogens is 2. The zero-order valence-corrected chi connectivity index (χ0v) is 17.5. The smallest absolute Gasteiger partial charge is 0.277 e. The normalized spacial score (nSPS) is 10.9. The second-order valence-corrected chi connectivity index (χ2v) is 7.82. The summed E-state index contributed by atoms with van der Waals surface area (Å²) in [6, 6.07) is 19.7. The lowest BCUT2D eigenvalue weighted by Crippen LogP contribution is -2.13. The number of hydrogen-bond donors (Lipinski definition) is 1. The Kier molecular flexibility index (Phi) is 5.99. The van der Waals surface area contributed by atoms with Crippen molar-refractivity contribution in [2.45, 2.75) is 25.7 Å². The van der Waals surface area contributed by atoms with E-state index in [0.717, 1.165) is 27.8 Å². The second-order valence-electron chi connectivity index (χ2n) is 6.90. The highest BCUT2D eigenvalue weighted by Crippen LogP contribution is 2.21. The Balaban J connectivity index is 1.28. The molecule has 1 heterocycles. The average molecular weight is 420 g/mol. The highest BCUT2D eigenvalue weighted by atomic mass is 32.2. The molecule has 0 spiro atoms. The molecule has 4 rings (SSSR count). The third kappa shape index (κ3) is 4.99. The van der Waals surface area contributed by atoms with Gasteiger partial charge in [0, 0.05) is 5.69 Å². The molecule has 0 radical (unpaired) electrons. The molecule has 0 saturated carbocycles. The number of aryl methyl sites for hydroxylation is 2. The predicted octanol–water partition coefficient (Wildman–Crippen LogP) is 5.15. The molecule has 0 bridgehead atoms. The summed E-state index contributed by atoms with van der Waals surface area (Å²) in [6.45, 7) is 4.27. The van der Waals surface area contributed by atoms with Gasteiger partial charge in [-0.2, -0.15) is 0 Å². The molecule has 0 saturated heterocycles. The number of benzene rings is 3. The first-order chi connectivity index (χ1) is 14.6. The lowest BCUT2D eigenvalue weighted by Gasteiger charge is -2.06. The Morgan fingerprint density at radius 2 is 1.83 bits per heavy atom. The number of hydrogen-bond acceptors (Lipinski definition) is 6. The first-order valence-corrected chi connectivity index (χ1v) is 10.5. The predicted molar refractivity (Wildman–Crippen MR) is 118 cm³/mol. The van der Waals surface area contributed by atoms with Gasteiger partial charge in [0.2, 0.25) is 5.91 Å². The molecule has 30 heavy (non-hydrogen) atoms. The van der Waals surface area contributed by atoms with Crippen LogP contribution >= 0.6 is 11.8 Å². The van der Waals surface area contributed by atoms with Crippen LogP contribution in [0, 0.1) is 13.8 Å². The van der Waals surface area contributed by atoms with E-state index in [0.29, 0.717) is 11.1 Å². The maximum atomic E-state index is 12.3. The van der Waals surface area contributed by atoms with Gasteiger partial charge in [0.1, 0.15) is 5.75 Å². The summed E-state index contributed by atoms with van der Waals surface area (Å²) in [4.78, 5) is 12.3. The summed E-state index contributed by atoms with van der Waals surface area (Å²) in [6.07, 6.45) is 0. The van der Waals surface area contributed by atoms with Crippen LogP contribution in [0.25, 0.3) is 10.8 Å². The first kappa shape index (κ1) is 20.0. The standard InChI is InChI=1S/C23H21N3O3S/c1-15-7-10-20(11-16(15)2)28-13-22-25-26-23(29-22)30-14-21(27)24-19-9-8-17-5-3-4-6-18(17)12-19/h3-12H,13-14H2,1-2H3,(H,24,27). The first-order valence-electron chi connectivity index (χ1n) is 9.51. The molecule has 0 aliphatic carbocycles. The topological polar surface area (TPSA) is 77.2 Å². The van der Waals surface area contributed by atoms with Gasteiger partial charge in [-0.1, -0.05) is 48.2 Å². The van der Waals surface area contributed by atoms with E-state index in [-0.39, 0.29) is 18.3 Å². The minimum Gasteiger partial charge on any atom is -0.484 e. The van der Waals surface area contributed by atoms with Crippen LogP contribution in [0.4, 0.5) is 5.69 Å². The van der Waals surface area contributed by atoms with Gasteiger partial charge in [-0.3, -0.25) is 4.79 Å². The molecule has 0 aliphatic rings. The fraction of sp³-hybridized carbons (Fsp3) is 0.174. The molecule has 1 aromatic heterocycles.